The first-order valence-corrected chi connectivity index (χ1v) is 6.07. The number of hydrogen-bond donors (Lipinski definition) is 0. The summed E-state index contributed by atoms with van der Waals surface area (Å²) in [6.45, 7) is 0. The average molecular weight is 302 g/mol. The van der Waals surface area contributed by atoms with Crippen molar-refractivity contribution >= 4 is 46.8 Å². The normalized spacial score (nSPS) is 11.1. The number of carbonyl (C=O) groups is 1. The summed E-state index contributed by atoms with van der Waals surface area (Å²) < 4.78 is 1.15. The predicted molar refractivity (Wildman–Crippen MR) is 73.4 cm³/mol. The number of rotatable bonds is 2. The molecule has 0 unspecified atom stereocenters. The highest BCUT2D eigenvalue weighted by Gasteiger charge is 2.02. The van der Waals surface area contributed by atoms with Crippen molar-refractivity contribution in [2.24, 2.45) is 0 Å². The molecule has 3 nitrogen and oxygen atoms in total. The summed E-state index contributed by atoms with van der Waals surface area (Å²) in [6.07, 6.45) is 5.83. The number of allylic oxidation sites excluding steroid dienone is 1. The van der Waals surface area contributed by atoms with Gasteiger partial charge in [0.25, 0.3) is 5.91 Å². The maximum Gasteiger partial charge on any atom is 0.270 e. The third-order valence-electron chi connectivity index (χ3n) is 2.14. The van der Waals surface area contributed by atoms with Gasteiger partial charge in [-0.25, -0.2) is 4.68 Å². The Kier molecular flexibility index (Phi) is 4.07. The molecule has 0 saturated carbocycles. The fourth-order valence-electron chi connectivity index (χ4n) is 1.28. The lowest BCUT2D eigenvalue weighted by Crippen LogP contribution is -2.06. The molecule has 0 bridgehead atoms. The van der Waals surface area contributed by atoms with Gasteiger partial charge < -0.3 is 0 Å². The van der Waals surface area contributed by atoms with Crippen LogP contribution in [0.3, 0.4) is 0 Å². The van der Waals surface area contributed by atoms with Crippen LogP contribution in [0.2, 0.25) is 15.1 Å². The van der Waals surface area contributed by atoms with E-state index in [0.717, 1.165) is 10.2 Å². The van der Waals surface area contributed by atoms with E-state index >= 15 is 0 Å². The van der Waals surface area contributed by atoms with Gasteiger partial charge in [-0.3, -0.25) is 4.79 Å². The van der Waals surface area contributed by atoms with Gasteiger partial charge in [0.15, 0.2) is 0 Å². The lowest BCUT2D eigenvalue weighted by atomic mass is 10.2. The summed E-state index contributed by atoms with van der Waals surface area (Å²) in [4.78, 5) is 11.7. The quantitative estimate of drug-likeness (QED) is 0.779. The van der Waals surface area contributed by atoms with Gasteiger partial charge in [-0.2, -0.15) is 5.10 Å². The number of carbonyl (C=O) groups excluding carboxylic acids is 1. The molecule has 18 heavy (non-hydrogen) atoms. The van der Waals surface area contributed by atoms with Crippen molar-refractivity contribution in [2.75, 3.05) is 0 Å². The number of benzene rings is 1. The van der Waals surface area contributed by atoms with Crippen molar-refractivity contribution in [3.63, 3.8) is 0 Å². The third kappa shape index (κ3) is 3.13. The van der Waals surface area contributed by atoms with Gasteiger partial charge in [-0.05, 0) is 23.8 Å². The Morgan fingerprint density at radius 2 is 2.00 bits per heavy atom. The zero-order valence-corrected chi connectivity index (χ0v) is 11.2. The van der Waals surface area contributed by atoms with Crippen LogP contribution in [0.5, 0.6) is 0 Å². The van der Waals surface area contributed by atoms with Crippen molar-refractivity contribution in [3.05, 3.63) is 57.3 Å². The Hall–Kier alpha value is -1.29. The molecule has 0 aliphatic rings. The molecule has 0 N–H and O–H groups in total. The lowest BCUT2D eigenvalue weighted by molar-refractivity contribution is 0.0955. The molecule has 0 spiro atoms. The van der Waals surface area contributed by atoms with E-state index in [4.69, 9.17) is 34.8 Å². The SMILES string of the molecule is O=C(/C=C\c1ccc(Cl)c(Cl)c1)n1cc(Cl)cn1. The summed E-state index contributed by atoms with van der Waals surface area (Å²) in [5, 5.41) is 5.11. The van der Waals surface area contributed by atoms with Crippen LogP contribution in [0, 0.1) is 0 Å². The summed E-state index contributed by atoms with van der Waals surface area (Å²) in [6, 6.07) is 5.09. The van der Waals surface area contributed by atoms with Crippen LogP contribution in [0.15, 0.2) is 36.7 Å². The van der Waals surface area contributed by atoms with E-state index in [1.807, 2.05) is 0 Å². The minimum atomic E-state index is -0.298. The molecule has 0 atom stereocenters. The van der Waals surface area contributed by atoms with Crippen LogP contribution < -0.4 is 0 Å². The summed E-state index contributed by atoms with van der Waals surface area (Å²) >= 11 is 17.3. The minimum Gasteiger partial charge on any atom is -0.267 e. The van der Waals surface area contributed by atoms with Crippen molar-refractivity contribution in [1.82, 2.24) is 9.78 Å². The Balaban J connectivity index is 2.15. The first-order valence-electron chi connectivity index (χ1n) is 4.94. The maximum absolute atomic E-state index is 11.7. The first-order chi connectivity index (χ1) is 8.56. The van der Waals surface area contributed by atoms with E-state index in [0.29, 0.717) is 15.1 Å². The van der Waals surface area contributed by atoms with Crippen molar-refractivity contribution in [3.8, 4) is 0 Å². The fourth-order valence-corrected chi connectivity index (χ4v) is 1.72. The molecule has 2 rings (SSSR count). The van der Waals surface area contributed by atoms with E-state index in [1.54, 1.807) is 24.3 Å². The molecule has 1 heterocycles. The largest absolute Gasteiger partial charge is 0.270 e. The molecule has 1 aromatic carbocycles. The van der Waals surface area contributed by atoms with Gasteiger partial charge in [0, 0.05) is 6.08 Å². The highest BCUT2D eigenvalue weighted by molar-refractivity contribution is 6.42. The molecule has 0 radical (unpaired) electrons. The van der Waals surface area contributed by atoms with E-state index in [-0.39, 0.29) is 5.91 Å². The predicted octanol–water partition coefficient (Wildman–Crippen LogP) is 4.20. The highest BCUT2D eigenvalue weighted by atomic mass is 35.5. The van der Waals surface area contributed by atoms with Crippen LogP contribution in [-0.4, -0.2) is 15.7 Å². The smallest absolute Gasteiger partial charge is 0.267 e. The van der Waals surface area contributed by atoms with Gasteiger partial charge >= 0.3 is 0 Å². The molecule has 0 aliphatic carbocycles. The van der Waals surface area contributed by atoms with Crippen molar-refractivity contribution in [1.29, 1.82) is 0 Å². The molecule has 2 aromatic rings. The number of halogens is 3. The van der Waals surface area contributed by atoms with Gasteiger partial charge in [-0.1, -0.05) is 40.9 Å². The highest BCUT2D eigenvalue weighted by Crippen LogP contribution is 2.23. The Bertz CT molecular complexity index is 620. The molecule has 1 aromatic heterocycles. The second-order valence-corrected chi connectivity index (χ2v) is 4.70. The van der Waals surface area contributed by atoms with Crippen molar-refractivity contribution < 1.29 is 4.79 Å². The van der Waals surface area contributed by atoms with Crippen LogP contribution >= 0.6 is 34.8 Å². The minimum absolute atomic E-state index is 0.298. The van der Waals surface area contributed by atoms with Crippen LogP contribution in [-0.2, 0) is 0 Å². The number of aromatic nitrogens is 2. The number of hydrogen-bond acceptors (Lipinski definition) is 2. The van der Waals surface area contributed by atoms with Gasteiger partial charge in [-0.15, -0.1) is 0 Å². The fraction of sp³-hybridized carbons (Fsp3) is 0. The molecule has 0 saturated heterocycles. The molecular weight excluding hydrogens is 295 g/mol. The standard InChI is InChI=1S/C12H7Cl3N2O/c13-9-6-16-17(7-9)12(18)4-2-8-1-3-10(14)11(15)5-8/h1-7H/b4-2-. The maximum atomic E-state index is 11.7. The second-order valence-electron chi connectivity index (χ2n) is 3.45. The van der Waals surface area contributed by atoms with Gasteiger partial charge in [0.2, 0.25) is 0 Å². The Morgan fingerprint density at radius 1 is 1.22 bits per heavy atom. The van der Waals surface area contributed by atoms with Crippen molar-refractivity contribution in [2.45, 2.75) is 0 Å². The van der Waals surface area contributed by atoms with E-state index in [9.17, 15) is 4.79 Å². The van der Waals surface area contributed by atoms with Gasteiger partial charge in [0.05, 0.1) is 27.5 Å². The third-order valence-corrected chi connectivity index (χ3v) is 3.07. The molecule has 0 aliphatic heterocycles. The second kappa shape index (κ2) is 5.57. The summed E-state index contributed by atoms with van der Waals surface area (Å²) in [5.74, 6) is -0.298. The summed E-state index contributed by atoms with van der Waals surface area (Å²) in [7, 11) is 0. The van der Waals surface area contributed by atoms with E-state index in [1.165, 1.54) is 18.5 Å². The van der Waals surface area contributed by atoms with E-state index < -0.39 is 0 Å². The molecule has 6 heteroatoms. The molecule has 0 fully saturated rings. The molecule has 92 valence electrons. The molecular formula is C12H7Cl3N2O. The Morgan fingerprint density at radius 3 is 2.61 bits per heavy atom. The average Bonchev–Trinajstić information content (AvgIpc) is 2.77. The van der Waals surface area contributed by atoms with E-state index in [2.05, 4.69) is 5.10 Å². The topological polar surface area (TPSA) is 34.9 Å². The van der Waals surface area contributed by atoms with Crippen LogP contribution in [0.1, 0.15) is 10.4 Å². The zero-order chi connectivity index (χ0) is 13.1. The van der Waals surface area contributed by atoms with Crippen LogP contribution in [0.4, 0.5) is 0 Å². The van der Waals surface area contributed by atoms with Gasteiger partial charge in [0.1, 0.15) is 0 Å². The Labute approximate surface area is 119 Å². The van der Waals surface area contributed by atoms with Crippen LogP contribution in [0.25, 0.3) is 6.08 Å². The monoisotopic (exact) mass is 300 g/mol. The lowest BCUT2D eigenvalue weighted by Gasteiger charge is -1.97. The summed E-state index contributed by atoms with van der Waals surface area (Å²) in [5.41, 5.74) is 0.774. The molecule has 0 amide bonds. The zero-order valence-electron chi connectivity index (χ0n) is 8.98. The first kappa shape index (κ1) is 13.1. The number of nitrogens with zero attached hydrogens (tertiary/aromatic N) is 2.